The van der Waals surface area contributed by atoms with Crippen LogP contribution in [0.25, 0.3) is 22.0 Å². The molecule has 0 radical (unpaired) electrons. The topological polar surface area (TPSA) is 166 Å². The van der Waals surface area contributed by atoms with E-state index in [4.69, 9.17) is 11.6 Å². The van der Waals surface area contributed by atoms with Crippen LogP contribution in [0.1, 0.15) is 109 Å². The summed E-state index contributed by atoms with van der Waals surface area (Å²) >= 11 is 6.52. The Morgan fingerprint density at radius 1 is 0.875 bits per heavy atom. The Balaban J connectivity index is 0.00000220. The van der Waals surface area contributed by atoms with E-state index in [9.17, 15) is 61.5 Å². The van der Waals surface area contributed by atoms with Gasteiger partial charge in [0.15, 0.2) is 21.3 Å². The number of hydrogen-bond donors (Lipinski definition) is 1. The normalized spacial score (nSPS) is 13.8. The molecule has 1 aliphatic rings. The Morgan fingerprint density at radius 3 is 1.96 bits per heavy atom. The molecule has 5 aromatic rings. The first kappa shape index (κ1) is 60.6. The van der Waals surface area contributed by atoms with Gasteiger partial charge in [0.2, 0.25) is 21.8 Å². The summed E-state index contributed by atoms with van der Waals surface area (Å²) in [6, 6.07) is 4.86. The minimum absolute atomic E-state index is 0.0978. The van der Waals surface area contributed by atoms with E-state index < -0.39 is 149 Å². The number of benzene rings is 2. The average Bonchev–Trinajstić information content (AvgIpc) is 3.91. The zero-order chi connectivity index (χ0) is 55.3. The van der Waals surface area contributed by atoms with Crippen LogP contribution < -0.4 is 9.62 Å². The number of carbonyl (C=O) groups excluding carboxylic acids is 2. The van der Waals surface area contributed by atoms with E-state index >= 15 is 8.78 Å². The third-order valence-corrected chi connectivity index (χ3v) is 13.6. The predicted octanol–water partition coefficient (Wildman–Crippen LogP) is 10.5. The number of sulfonamides is 1. The van der Waals surface area contributed by atoms with Crippen molar-refractivity contribution in [2.75, 3.05) is 16.8 Å². The maximum atomic E-state index is 15.1. The lowest BCUT2D eigenvalue weighted by molar-refractivity contribution is -0.143. The van der Waals surface area contributed by atoms with Gasteiger partial charge in [-0.15, -0.1) is 0 Å². The quantitative estimate of drug-likeness (QED) is 0.100. The van der Waals surface area contributed by atoms with E-state index in [1.807, 2.05) is 41.5 Å². The fourth-order valence-corrected chi connectivity index (χ4v) is 8.62. The first-order valence-electron chi connectivity index (χ1n) is 22.0. The number of pyridine rings is 1. The van der Waals surface area contributed by atoms with Crippen LogP contribution in [0.2, 0.25) is 5.02 Å². The van der Waals surface area contributed by atoms with Gasteiger partial charge in [0, 0.05) is 42.4 Å². The zero-order valence-electron chi connectivity index (χ0n) is 40.8. The third kappa shape index (κ3) is 13.9. The number of carbonyl (C=O) groups is 2. The Hall–Kier alpha value is -5.74. The van der Waals surface area contributed by atoms with Crippen LogP contribution in [-0.2, 0) is 67.5 Å². The van der Waals surface area contributed by atoms with Gasteiger partial charge in [0.25, 0.3) is 5.92 Å². The summed E-state index contributed by atoms with van der Waals surface area (Å²) in [5.41, 5.74) is -5.85. The molecule has 2 amide bonds. The number of nitrogens with one attached hydrogen (secondary N) is 1. The Kier molecular flexibility index (Phi) is 19.3. The highest BCUT2D eigenvalue weighted by Crippen LogP contribution is 2.47. The second kappa shape index (κ2) is 23.0. The highest BCUT2D eigenvalue weighted by Gasteiger charge is 2.50. The van der Waals surface area contributed by atoms with Crippen molar-refractivity contribution in [3.05, 3.63) is 93.0 Å². The van der Waals surface area contributed by atoms with Crippen LogP contribution >= 0.6 is 11.6 Å². The van der Waals surface area contributed by atoms with Gasteiger partial charge < -0.3 is 5.32 Å². The first-order chi connectivity index (χ1) is 33.2. The molecule has 1 N–H and O–H groups in total. The Morgan fingerprint density at radius 2 is 1.44 bits per heavy atom. The standard InChI is InChI=1S/C40H34ClF10N7O6S2.3C2H6/c1-20(59)58(66(5,63)64)36-31-28(41)9-8-26(33(31)57(55-36)19-39(46,47)48)25-7-6-24(10-12-37(2,3)65(4,61)62)52-32(25)29(16-21-14-22(42)17-23(43)15-21)53-30(60)18-56-35-27(11-13-38(35,44)45)34(54-56)40(49,50)51;3*1-2/h6-9,14-15,17,29H,11,13,16,18-19H2,1-5H3,(H,53,60);3*1-2H3. The van der Waals surface area contributed by atoms with Crippen LogP contribution in [-0.4, -0.2) is 76.6 Å². The molecule has 1 unspecified atom stereocenters. The number of hydrogen-bond acceptors (Lipinski definition) is 9. The number of sulfone groups is 1. The molecule has 72 heavy (non-hydrogen) atoms. The van der Waals surface area contributed by atoms with Gasteiger partial charge in [-0.1, -0.05) is 65.1 Å². The van der Waals surface area contributed by atoms with Crippen LogP contribution in [0.5, 0.6) is 0 Å². The predicted molar refractivity (Wildman–Crippen MR) is 252 cm³/mol. The summed E-state index contributed by atoms with van der Waals surface area (Å²) in [6.07, 6.45) is -11.3. The first-order valence-corrected chi connectivity index (χ1v) is 26.1. The highest BCUT2D eigenvalue weighted by molar-refractivity contribution is 7.93. The van der Waals surface area contributed by atoms with E-state index in [-0.39, 0.29) is 36.1 Å². The van der Waals surface area contributed by atoms with Gasteiger partial charge >= 0.3 is 12.4 Å². The molecule has 3 heterocycles. The summed E-state index contributed by atoms with van der Waals surface area (Å²) in [7, 11) is -8.50. The summed E-state index contributed by atoms with van der Waals surface area (Å²) in [5.74, 6) is -4.47. The summed E-state index contributed by atoms with van der Waals surface area (Å²) < 4.78 is 194. The lowest BCUT2D eigenvalue weighted by Gasteiger charge is -2.23. The van der Waals surface area contributed by atoms with E-state index in [1.54, 1.807) is 0 Å². The van der Waals surface area contributed by atoms with Crippen molar-refractivity contribution in [2.24, 2.45) is 0 Å². The van der Waals surface area contributed by atoms with Gasteiger partial charge in [-0.25, -0.2) is 30.6 Å². The maximum Gasteiger partial charge on any atom is 0.435 e. The molecule has 1 aliphatic carbocycles. The van der Waals surface area contributed by atoms with Crippen molar-refractivity contribution in [3.8, 4) is 23.0 Å². The second-order valence-electron chi connectivity index (χ2n) is 15.8. The van der Waals surface area contributed by atoms with Crippen LogP contribution in [0.4, 0.5) is 49.7 Å². The van der Waals surface area contributed by atoms with Crippen molar-refractivity contribution < 1.29 is 70.3 Å². The molecule has 2 aromatic carbocycles. The molecule has 3 aromatic heterocycles. The summed E-state index contributed by atoms with van der Waals surface area (Å²) in [5, 5.41) is 8.60. The van der Waals surface area contributed by atoms with Crippen LogP contribution in [0.15, 0.2) is 42.5 Å². The zero-order valence-corrected chi connectivity index (χ0v) is 43.2. The van der Waals surface area contributed by atoms with E-state index in [0.29, 0.717) is 12.3 Å². The molecule has 6 rings (SSSR count). The monoisotopic (exact) mass is 1090 g/mol. The van der Waals surface area contributed by atoms with Crippen molar-refractivity contribution in [3.63, 3.8) is 0 Å². The van der Waals surface area contributed by atoms with Crippen molar-refractivity contribution in [2.45, 2.75) is 124 Å². The molecule has 13 nitrogen and oxygen atoms in total. The van der Waals surface area contributed by atoms with Gasteiger partial charge in [-0.05, 0) is 68.5 Å². The van der Waals surface area contributed by atoms with Crippen LogP contribution in [0, 0.1) is 23.5 Å². The van der Waals surface area contributed by atoms with E-state index in [1.165, 1.54) is 13.8 Å². The Bertz CT molecular complexity index is 3090. The van der Waals surface area contributed by atoms with E-state index in [0.717, 1.165) is 49.6 Å². The largest absolute Gasteiger partial charge is 0.435 e. The molecular formula is C46H52ClF10N7O6S2. The van der Waals surface area contributed by atoms with Crippen molar-refractivity contribution in [1.82, 2.24) is 29.9 Å². The molecule has 0 saturated carbocycles. The maximum absolute atomic E-state index is 15.1. The lowest BCUT2D eigenvalue weighted by Crippen LogP contribution is -2.35. The number of halogens is 11. The SMILES string of the molecule is CC.CC.CC.CC(=O)N(c1nn(CC(F)(F)F)c2c(-c3ccc(C#CC(C)(C)S(C)(=O)=O)nc3C(Cc3cc(F)cc(F)c3)NC(=O)Cn3nc(C(F)(F)F)c4c3C(F)(F)CC4)ccc(Cl)c12)S(C)(=O)=O. The van der Waals surface area contributed by atoms with E-state index in [2.05, 4.69) is 32.3 Å². The molecule has 396 valence electrons. The number of anilines is 1. The molecule has 26 heteroatoms. The van der Waals surface area contributed by atoms with Crippen molar-refractivity contribution in [1.29, 1.82) is 0 Å². The minimum Gasteiger partial charge on any atom is -0.346 e. The number of nitrogens with zero attached hydrogens (tertiary/aromatic N) is 6. The van der Waals surface area contributed by atoms with Crippen molar-refractivity contribution >= 4 is 60.0 Å². The molecule has 0 spiro atoms. The minimum atomic E-state index is -5.21. The smallest absolute Gasteiger partial charge is 0.346 e. The summed E-state index contributed by atoms with van der Waals surface area (Å²) in [4.78, 5) is 31.2. The fourth-order valence-electron chi connectivity index (χ4n) is 7.23. The van der Waals surface area contributed by atoms with Crippen LogP contribution in [0.3, 0.4) is 0 Å². The number of alkyl halides is 8. The molecule has 0 fully saturated rings. The molecule has 0 aliphatic heterocycles. The fraction of sp³-hybridized carbons (Fsp3) is 0.457. The Labute approximate surface area is 415 Å². The number of amides is 2. The molecular weight excluding hydrogens is 1040 g/mol. The number of rotatable bonds is 11. The molecule has 1 atom stereocenters. The number of fused-ring (bicyclic) bond motifs is 2. The lowest BCUT2D eigenvalue weighted by atomic mass is 9.93. The second-order valence-corrected chi connectivity index (χ2v) is 20.6. The van der Waals surface area contributed by atoms with Gasteiger partial charge in [0.1, 0.15) is 40.9 Å². The van der Waals surface area contributed by atoms with Gasteiger partial charge in [-0.2, -0.15) is 49.6 Å². The summed E-state index contributed by atoms with van der Waals surface area (Å²) in [6.45, 7) is 12.0. The average molecular weight is 1090 g/mol. The van der Waals surface area contributed by atoms with Gasteiger partial charge in [-0.3, -0.25) is 19.0 Å². The number of aromatic nitrogens is 5. The van der Waals surface area contributed by atoms with Gasteiger partial charge in [0.05, 0.1) is 33.9 Å². The molecule has 0 bridgehead atoms. The third-order valence-electron chi connectivity index (χ3n) is 10.3. The molecule has 0 saturated heterocycles. The highest BCUT2D eigenvalue weighted by atomic mass is 35.5.